The lowest BCUT2D eigenvalue weighted by molar-refractivity contribution is -0.118. The Labute approximate surface area is 146 Å². The minimum absolute atomic E-state index is 0.0421. The van der Waals surface area contributed by atoms with Crippen molar-refractivity contribution in [3.8, 4) is 0 Å². The molecule has 6 nitrogen and oxygen atoms in total. The van der Waals surface area contributed by atoms with Crippen molar-refractivity contribution in [3.05, 3.63) is 50.3 Å². The molecular weight excluding hydrogens is 318 g/mol. The highest BCUT2D eigenvalue weighted by Crippen LogP contribution is 2.24. The Bertz CT molecular complexity index is 846. The topological polar surface area (TPSA) is 69.7 Å². The van der Waals surface area contributed by atoms with Crippen molar-refractivity contribution in [1.29, 1.82) is 0 Å². The zero-order chi connectivity index (χ0) is 18.0. The van der Waals surface area contributed by atoms with Gasteiger partial charge in [0.25, 0.3) is 10.9 Å². The van der Waals surface area contributed by atoms with E-state index in [0.29, 0.717) is 17.9 Å². The van der Waals surface area contributed by atoms with Crippen molar-refractivity contribution in [2.45, 2.75) is 26.2 Å². The number of carbonyl (C=O) groups excluding carboxylic acids is 1. The number of nitrogens with zero attached hydrogens (tertiary/aromatic N) is 2. The predicted molar refractivity (Wildman–Crippen MR) is 100 cm³/mol. The highest BCUT2D eigenvalue weighted by Gasteiger charge is 2.27. The highest BCUT2D eigenvalue weighted by atomic mass is 16.2. The Morgan fingerprint density at radius 1 is 1.20 bits per heavy atom. The average Bonchev–Trinajstić information content (AvgIpc) is 3.13. The number of hydrogen-bond donors (Lipinski definition) is 1. The fourth-order valence-corrected chi connectivity index (χ4v) is 3.23. The molecule has 1 aliphatic rings. The van der Waals surface area contributed by atoms with E-state index in [1.54, 1.807) is 11.9 Å². The van der Waals surface area contributed by atoms with E-state index in [2.05, 4.69) is 5.32 Å². The molecule has 3 rings (SSSR count). The minimum Gasteiger partial charge on any atom is -0.379 e. The molecule has 1 amide bonds. The third-order valence-electron chi connectivity index (χ3n) is 4.71. The molecule has 1 N–H and O–H groups in total. The average molecular weight is 341 g/mol. The molecule has 0 aromatic heterocycles. The molecule has 2 aromatic rings. The predicted octanol–water partition coefficient (Wildman–Crippen LogP) is 1.66. The van der Waals surface area contributed by atoms with Crippen LogP contribution in [0.25, 0.3) is 0 Å². The van der Waals surface area contributed by atoms with Crippen LogP contribution in [0.5, 0.6) is 0 Å². The summed E-state index contributed by atoms with van der Waals surface area (Å²) in [6.45, 7) is 3.94. The maximum atomic E-state index is 12.3. The van der Waals surface area contributed by atoms with Gasteiger partial charge in [0.15, 0.2) is 0 Å². The third-order valence-corrected chi connectivity index (χ3v) is 4.71. The van der Waals surface area contributed by atoms with Crippen LogP contribution in [0, 0.1) is 6.92 Å². The number of aryl methyl sites for hydroxylation is 1. The van der Waals surface area contributed by atoms with E-state index in [0.717, 1.165) is 37.2 Å². The minimum atomic E-state index is -0.471. The Balaban J connectivity index is 1.58. The van der Waals surface area contributed by atoms with E-state index in [9.17, 15) is 14.4 Å². The molecule has 1 fully saturated rings. The van der Waals surface area contributed by atoms with E-state index in [1.165, 1.54) is 0 Å². The number of rotatable bonds is 6. The molecule has 1 aliphatic heterocycles. The van der Waals surface area contributed by atoms with E-state index < -0.39 is 10.9 Å². The number of hydrogen-bond acceptors (Lipinski definition) is 5. The summed E-state index contributed by atoms with van der Waals surface area (Å²) >= 11 is 0. The van der Waals surface area contributed by atoms with Crippen LogP contribution < -0.4 is 26.0 Å². The van der Waals surface area contributed by atoms with Gasteiger partial charge in [-0.05, 0) is 37.5 Å². The van der Waals surface area contributed by atoms with Crippen molar-refractivity contribution < 1.29 is 4.79 Å². The smallest absolute Gasteiger partial charge is 0.253 e. The number of anilines is 3. The first-order valence-corrected chi connectivity index (χ1v) is 8.64. The normalized spacial score (nSPS) is 14.1. The summed E-state index contributed by atoms with van der Waals surface area (Å²) in [5.41, 5.74) is 1.93. The van der Waals surface area contributed by atoms with E-state index in [-0.39, 0.29) is 12.3 Å². The summed E-state index contributed by atoms with van der Waals surface area (Å²) in [5, 5.41) is 2.99. The van der Waals surface area contributed by atoms with Crippen molar-refractivity contribution in [2.75, 3.05) is 41.8 Å². The fraction of sp³-hybridized carbons (Fsp3) is 0.421. The maximum Gasteiger partial charge on any atom is 0.253 e. The van der Waals surface area contributed by atoms with Crippen LogP contribution in [0.4, 0.5) is 17.1 Å². The summed E-state index contributed by atoms with van der Waals surface area (Å²) in [6, 6.07) is 7.74. The summed E-state index contributed by atoms with van der Waals surface area (Å²) < 4.78 is 0. The molecule has 0 spiro atoms. The Kier molecular flexibility index (Phi) is 4.88. The van der Waals surface area contributed by atoms with Gasteiger partial charge in [-0.15, -0.1) is 0 Å². The molecule has 6 heteroatoms. The van der Waals surface area contributed by atoms with Crippen molar-refractivity contribution in [1.82, 2.24) is 0 Å². The second kappa shape index (κ2) is 7.09. The van der Waals surface area contributed by atoms with Gasteiger partial charge in [-0.1, -0.05) is 12.1 Å². The SMILES string of the molecule is Cc1cccc(N(C)C(=O)CCNc2c(N3CCCC3)c(=O)c2=O)c1. The Morgan fingerprint density at radius 3 is 2.60 bits per heavy atom. The van der Waals surface area contributed by atoms with E-state index in [4.69, 9.17) is 0 Å². The lowest BCUT2D eigenvalue weighted by Gasteiger charge is -2.23. The van der Waals surface area contributed by atoms with Crippen LogP contribution >= 0.6 is 0 Å². The summed E-state index contributed by atoms with van der Waals surface area (Å²) in [4.78, 5) is 39.5. The molecule has 0 bridgehead atoms. The number of nitrogens with one attached hydrogen (secondary N) is 1. The molecular formula is C19H23N3O3. The molecule has 1 heterocycles. The van der Waals surface area contributed by atoms with Crippen molar-refractivity contribution in [3.63, 3.8) is 0 Å². The fourth-order valence-electron chi connectivity index (χ4n) is 3.23. The van der Waals surface area contributed by atoms with Crippen molar-refractivity contribution in [2.24, 2.45) is 0 Å². The Morgan fingerprint density at radius 2 is 1.92 bits per heavy atom. The molecule has 0 radical (unpaired) electrons. The second-order valence-corrected chi connectivity index (χ2v) is 6.54. The van der Waals surface area contributed by atoms with Gasteiger partial charge in [-0.2, -0.15) is 0 Å². The molecule has 0 unspecified atom stereocenters. The van der Waals surface area contributed by atoms with E-state index in [1.807, 2.05) is 36.1 Å². The Hall–Kier alpha value is -2.63. The van der Waals surface area contributed by atoms with Gasteiger partial charge in [-0.25, -0.2) is 0 Å². The van der Waals surface area contributed by atoms with E-state index >= 15 is 0 Å². The lowest BCUT2D eigenvalue weighted by atomic mass is 10.1. The molecule has 2 aromatic carbocycles. The summed E-state index contributed by atoms with van der Waals surface area (Å²) in [6.07, 6.45) is 2.33. The van der Waals surface area contributed by atoms with Crippen LogP contribution in [0.2, 0.25) is 0 Å². The number of carbonyl (C=O) groups is 1. The largest absolute Gasteiger partial charge is 0.379 e. The van der Waals surface area contributed by atoms with Gasteiger partial charge >= 0.3 is 0 Å². The molecule has 0 aliphatic carbocycles. The van der Waals surface area contributed by atoms with Gasteiger partial charge < -0.3 is 15.1 Å². The monoisotopic (exact) mass is 341 g/mol. The van der Waals surface area contributed by atoms with Crippen LogP contribution in [0.1, 0.15) is 24.8 Å². The number of benzene rings is 1. The van der Waals surface area contributed by atoms with Crippen molar-refractivity contribution >= 4 is 23.0 Å². The summed E-state index contributed by atoms with van der Waals surface area (Å²) in [5.74, 6) is -0.0421. The maximum absolute atomic E-state index is 12.3. The second-order valence-electron chi connectivity index (χ2n) is 6.54. The van der Waals surface area contributed by atoms with Gasteiger partial charge in [0.1, 0.15) is 11.4 Å². The first-order chi connectivity index (χ1) is 12.0. The first-order valence-electron chi connectivity index (χ1n) is 8.64. The van der Waals surface area contributed by atoms with Gasteiger partial charge in [0.2, 0.25) is 5.91 Å². The van der Waals surface area contributed by atoms with Gasteiger partial charge in [0, 0.05) is 38.8 Å². The zero-order valence-electron chi connectivity index (χ0n) is 14.7. The van der Waals surface area contributed by atoms with Crippen LogP contribution in [-0.2, 0) is 4.79 Å². The van der Waals surface area contributed by atoms with Gasteiger partial charge in [0.05, 0.1) is 0 Å². The summed E-state index contributed by atoms with van der Waals surface area (Å²) in [7, 11) is 1.74. The van der Waals surface area contributed by atoms with Gasteiger partial charge in [-0.3, -0.25) is 14.4 Å². The zero-order valence-corrected chi connectivity index (χ0v) is 14.7. The lowest BCUT2D eigenvalue weighted by Crippen LogP contribution is -2.42. The van der Waals surface area contributed by atoms with Crippen LogP contribution in [0.3, 0.4) is 0 Å². The molecule has 132 valence electrons. The highest BCUT2D eigenvalue weighted by molar-refractivity contribution is 5.93. The molecule has 25 heavy (non-hydrogen) atoms. The van der Waals surface area contributed by atoms with Crippen LogP contribution in [-0.4, -0.2) is 32.6 Å². The standard InChI is InChI=1S/C19H23N3O3/c1-13-6-5-7-14(12-13)21(2)15(23)8-9-20-16-17(19(25)18(16)24)22-10-3-4-11-22/h5-7,12,20H,3-4,8-11H2,1-2H3. The molecule has 1 saturated heterocycles. The first kappa shape index (κ1) is 17.2. The third kappa shape index (κ3) is 3.43. The number of amides is 1. The molecule has 0 saturated carbocycles. The van der Waals surface area contributed by atoms with Crippen LogP contribution in [0.15, 0.2) is 33.9 Å². The quantitative estimate of drug-likeness (QED) is 0.809. The molecule has 0 atom stereocenters.